The Morgan fingerprint density at radius 3 is 3.12 bits per heavy atom. The summed E-state index contributed by atoms with van der Waals surface area (Å²) in [5.41, 5.74) is 1.11. The maximum atomic E-state index is 12.1. The molecule has 1 saturated heterocycles. The first-order chi connectivity index (χ1) is 7.68. The average Bonchev–Trinajstić information content (AvgIpc) is 2.68. The number of carbonyl (C=O) groups excluding carboxylic acids is 1. The van der Waals surface area contributed by atoms with Crippen LogP contribution in [0.5, 0.6) is 0 Å². The van der Waals surface area contributed by atoms with Gasteiger partial charge in [0.25, 0.3) is 0 Å². The van der Waals surface area contributed by atoms with Crippen molar-refractivity contribution in [2.24, 2.45) is 0 Å². The molecule has 16 heavy (non-hydrogen) atoms. The maximum absolute atomic E-state index is 12.1. The molecule has 0 radical (unpaired) electrons. The van der Waals surface area contributed by atoms with Crippen molar-refractivity contribution in [3.8, 4) is 0 Å². The van der Waals surface area contributed by atoms with Gasteiger partial charge in [-0.1, -0.05) is 0 Å². The minimum atomic E-state index is 0.285. The highest BCUT2D eigenvalue weighted by atomic mass is 32.1. The minimum absolute atomic E-state index is 0.285. The molecular formula is C12H18N2OS. The van der Waals surface area contributed by atoms with Gasteiger partial charge in [0.2, 0.25) is 0 Å². The molecule has 1 unspecified atom stereocenters. The Kier molecular flexibility index (Phi) is 3.74. The van der Waals surface area contributed by atoms with Crippen molar-refractivity contribution in [1.82, 2.24) is 10.2 Å². The number of carbonyl (C=O) groups is 1. The van der Waals surface area contributed by atoms with Crippen molar-refractivity contribution in [2.75, 3.05) is 26.7 Å². The second-order valence-electron chi connectivity index (χ2n) is 4.40. The van der Waals surface area contributed by atoms with Crippen molar-refractivity contribution < 1.29 is 4.79 Å². The lowest BCUT2D eigenvalue weighted by Crippen LogP contribution is -2.49. The number of aryl methyl sites for hydroxylation is 1. The van der Waals surface area contributed by atoms with Crippen LogP contribution in [0, 0.1) is 6.92 Å². The summed E-state index contributed by atoms with van der Waals surface area (Å²) in [4.78, 5) is 15.3. The Labute approximate surface area is 100 Å². The molecule has 4 heteroatoms. The fraction of sp³-hybridized carbons (Fsp3) is 0.583. The molecule has 0 aliphatic carbocycles. The Morgan fingerprint density at radius 2 is 2.50 bits per heavy atom. The first-order valence-electron chi connectivity index (χ1n) is 5.66. The van der Waals surface area contributed by atoms with Crippen molar-refractivity contribution >= 4 is 17.1 Å². The molecule has 0 aromatic carbocycles. The summed E-state index contributed by atoms with van der Waals surface area (Å²) in [5, 5.41) is 5.33. The van der Waals surface area contributed by atoms with Crippen LogP contribution in [-0.4, -0.2) is 43.4 Å². The fourth-order valence-electron chi connectivity index (χ4n) is 2.06. The Bertz CT molecular complexity index is 375. The van der Waals surface area contributed by atoms with Crippen molar-refractivity contribution in [3.63, 3.8) is 0 Å². The summed E-state index contributed by atoms with van der Waals surface area (Å²) < 4.78 is 0. The molecule has 3 nitrogen and oxygen atoms in total. The molecule has 88 valence electrons. The standard InChI is InChI=1S/C12H18N2OS/c1-9-3-6-16-12(9)11(15)7-10-8-13-4-5-14(10)2/h3,6,10,13H,4-5,7-8H2,1-2H3. The van der Waals surface area contributed by atoms with Crippen molar-refractivity contribution in [3.05, 3.63) is 21.9 Å². The van der Waals surface area contributed by atoms with E-state index in [4.69, 9.17) is 0 Å². The Hall–Kier alpha value is -0.710. The van der Waals surface area contributed by atoms with Gasteiger partial charge in [-0.15, -0.1) is 11.3 Å². The number of rotatable bonds is 3. The van der Waals surface area contributed by atoms with Gasteiger partial charge in [0.15, 0.2) is 5.78 Å². The predicted molar refractivity (Wildman–Crippen MR) is 67.3 cm³/mol. The highest BCUT2D eigenvalue weighted by molar-refractivity contribution is 7.12. The molecule has 1 aliphatic rings. The minimum Gasteiger partial charge on any atom is -0.314 e. The van der Waals surface area contributed by atoms with Crippen LogP contribution in [0.25, 0.3) is 0 Å². The lowest BCUT2D eigenvalue weighted by Gasteiger charge is -2.32. The molecule has 1 aromatic rings. The average molecular weight is 238 g/mol. The van der Waals surface area contributed by atoms with E-state index < -0.39 is 0 Å². The normalized spacial score (nSPS) is 22.2. The number of ketones is 1. The quantitative estimate of drug-likeness (QED) is 0.811. The van der Waals surface area contributed by atoms with Gasteiger partial charge < -0.3 is 10.2 Å². The molecule has 1 atom stereocenters. The number of hydrogen-bond acceptors (Lipinski definition) is 4. The van der Waals surface area contributed by atoms with Gasteiger partial charge >= 0.3 is 0 Å². The van der Waals surface area contributed by atoms with E-state index >= 15 is 0 Å². The Balaban J connectivity index is 1.99. The van der Waals surface area contributed by atoms with E-state index in [9.17, 15) is 4.79 Å². The van der Waals surface area contributed by atoms with E-state index in [1.54, 1.807) is 11.3 Å². The van der Waals surface area contributed by atoms with E-state index in [1.807, 2.05) is 18.4 Å². The number of piperazine rings is 1. The fourth-order valence-corrected chi connectivity index (χ4v) is 2.93. The first-order valence-corrected chi connectivity index (χ1v) is 6.54. The van der Waals surface area contributed by atoms with Gasteiger partial charge in [-0.05, 0) is 31.0 Å². The topological polar surface area (TPSA) is 32.3 Å². The summed E-state index contributed by atoms with van der Waals surface area (Å²) in [6, 6.07) is 2.36. The molecular weight excluding hydrogens is 220 g/mol. The zero-order valence-corrected chi connectivity index (χ0v) is 10.6. The van der Waals surface area contributed by atoms with Crippen molar-refractivity contribution in [1.29, 1.82) is 0 Å². The summed E-state index contributed by atoms with van der Waals surface area (Å²) >= 11 is 1.56. The molecule has 1 N–H and O–H groups in total. The number of nitrogens with zero attached hydrogens (tertiary/aromatic N) is 1. The third kappa shape index (κ3) is 2.51. The number of Topliss-reactive ketones (excluding diaryl/α,β-unsaturated/α-hetero) is 1. The van der Waals surface area contributed by atoms with E-state index in [-0.39, 0.29) is 5.78 Å². The number of thiophene rings is 1. The Morgan fingerprint density at radius 1 is 1.69 bits per heavy atom. The van der Waals surface area contributed by atoms with Crippen LogP contribution < -0.4 is 5.32 Å². The highest BCUT2D eigenvalue weighted by Gasteiger charge is 2.23. The summed E-state index contributed by atoms with van der Waals surface area (Å²) in [5.74, 6) is 0.285. The van der Waals surface area contributed by atoms with Gasteiger partial charge in [0, 0.05) is 32.1 Å². The van der Waals surface area contributed by atoms with Gasteiger partial charge in [-0.3, -0.25) is 4.79 Å². The second kappa shape index (κ2) is 5.08. The predicted octanol–water partition coefficient (Wildman–Crippen LogP) is 1.53. The van der Waals surface area contributed by atoms with Crippen LogP contribution in [0.15, 0.2) is 11.4 Å². The zero-order chi connectivity index (χ0) is 11.5. The number of nitrogens with one attached hydrogen (secondary N) is 1. The summed E-state index contributed by atoms with van der Waals surface area (Å²) in [6.07, 6.45) is 0.630. The van der Waals surface area contributed by atoms with Crippen LogP contribution >= 0.6 is 11.3 Å². The van der Waals surface area contributed by atoms with Gasteiger partial charge in [0.1, 0.15) is 0 Å². The van der Waals surface area contributed by atoms with Crippen LogP contribution in [0.3, 0.4) is 0 Å². The first kappa shape index (κ1) is 11.8. The van der Waals surface area contributed by atoms with Crippen molar-refractivity contribution in [2.45, 2.75) is 19.4 Å². The lowest BCUT2D eigenvalue weighted by molar-refractivity contribution is 0.0921. The molecule has 0 spiro atoms. The molecule has 1 fully saturated rings. The van der Waals surface area contributed by atoms with E-state index in [1.165, 1.54) is 0 Å². The van der Waals surface area contributed by atoms with Crippen LogP contribution in [-0.2, 0) is 0 Å². The van der Waals surface area contributed by atoms with E-state index in [2.05, 4.69) is 17.3 Å². The molecule has 0 amide bonds. The summed E-state index contributed by atoms with van der Waals surface area (Å²) in [6.45, 7) is 4.99. The van der Waals surface area contributed by atoms with Gasteiger partial charge in [-0.2, -0.15) is 0 Å². The maximum Gasteiger partial charge on any atom is 0.174 e. The van der Waals surface area contributed by atoms with E-state index in [0.717, 1.165) is 30.1 Å². The lowest BCUT2D eigenvalue weighted by atomic mass is 10.0. The smallest absolute Gasteiger partial charge is 0.174 e. The molecule has 2 rings (SSSR count). The third-order valence-corrected chi connectivity index (χ3v) is 4.24. The summed E-state index contributed by atoms with van der Waals surface area (Å²) in [7, 11) is 2.10. The highest BCUT2D eigenvalue weighted by Crippen LogP contribution is 2.19. The zero-order valence-electron chi connectivity index (χ0n) is 9.82. The van der Waals surface area contributed by atoms with Crippen LogP contribution in [0.2, 0.25) is 0 Å². The SMILES string of the molecule is Cc1ccsc1C(=O)CC1CNCCN1C. The van der Waals surface area contributed by atoms with Gasteiger partial charge in [0.05, 0.1) is 4.88 Å². The largest absolute Gasteiger partial charge is 0.314 e. The van der Waals surface area contributed by atoms with Gasteiger partial charge in [-0.25, -0.2) is 0 Å². The third-order valence-electron chi connectivity index (χ3n) is 3.18. The molecule has 2 heterocycles. The van der Waals surface area contributed by atoms with E-state index in [0.29, 0.717) is 12.5 Å². The number of hydrogen-bond donors (Lipinski definition) is 1. The molecule has 1 aromatic heterocycles. The van der Waals surface area contributed by atoms with Crippen LogP contribution in [0.4, 0.5) is 0 Å². The molecule has 1 aliphatic heterocycles. The molecule has 0 saturated carbocycles. The monoisotopic (exact) mass is 238 g/mol. The second-order valence-corrected chi connectivity index (χ2v) is 5.31. The number of likely N-dealkylation sites (N-methyl/N-ethyl adjacent to an activating group) is 1. The molecule has 0 bridgehead atoms. The van der Waals surface area contributed by atoms with Crippen LogP contribution in [0.1, 0.15) is 21.7 Å².